The Balaban J connectivity index is 2.11. The van der Waals surface area contributed by atoms with Crippen LogP contribution in [0.15, 0.2) is 12.3 Å². The molecule has 0 spiro atoms. The molecule has 1 fully saturated rings. The van der Waals surface area contributed by atoms with Crippen molar-refractivity contribution in [2.24, 2.45) is 0 Å². The predicted molar refractivity (Wildman–Crippen MR) is 74.4 cm³/mol. The van der Waals surface area contributed by atoms with E-state index >= 15 is 0 Å². The number of aromatic hydroxyl groups is 1. The Bertz CT molecular complexity index is 770. The molecule has 4 atom stereocenters. The highest BCUT2D eigenvalue weighted by Gasteiger charge is 2.54. The highest BCUT2D eigenvalue weighted by atomic mass is 16.6. The Labute approximate surface area is 124 Å². The van der Waals surface area contributed by atoms with Crippen molar-refractivity contribution < 1.29 is 25.2 Å². The number of anilines is 1. The van der Waals surface area contributed by atoms with Crippen molar-refractivity contribution in [3.63, 3.8) is 0 Å². The SMILES string of the molecule is C#C[C@]1(CO)O[C@@H](n2ccc3c(O)nc(N)nc32)C(O)C1O. The van der Waals surface area contributed by atoms with Gasteiger partial charge in [0.25, 0.3) is 0 Å². The number of aliphatic hydroxyl groups is 3. The van der Waals surface area contributed by atoms with Crippen LogP contribution in [0.2, 0.25) is 0 Å². The number of hydrogen-bond acceptors (Lipinski definition) is 8. The number of nitrogens with zero attached hydrogens (tertiary/aromatic N) is 3. The summed E-state index contributed by atoms with van der Waals surface area (Å²) in [5.74, 6) is 1.68. The minimum Gasteiger partial charge on any atom is -0.493 e. The third kappa shape index (κ3) is 1.83. The van der Waals surface area contributed by atoms with Gasteiger partial charge in [-0.15, -0.1) is 6.42 Å². The van der Waals surface area contributed by atoms with Crippen LogP contribution in [-0.2, 0) is 4.74 Å². The Kier molecular flexibility index (Phi) is 3.19. The molecule has 3 rings (SSSR count). The molecule has 1 saturated heterocycles. The monoisotopic (exact) mass is 306 g/mol. The summed E-state index contributed by atoms with van der Waals surface area (Å²) in [4.78, 5) is 7.60. The summed E-state index contributed by atoms with van der Waals surface area (Å²) in [5.41, 5.74) is 3.98. The van der Waals surface area contributed by atoms with E-state index in [1.165, 1.54) is 16.8 Å². The van der Waals surface area contributed by atoms with Crippen LogP contribution >= 0.6 is 0 Å². The summed E-state index contributed by atoms with van der Waals surface area (Å²) in [5, 5.41) is 39.7. The van der Waals surface area contributed by atoms with Gasteiger partial charge in [0.2, 0.25) is 11.8 Å². The third-order valence-corrected chi connectivity index (χ3v) is 3.75. The Morgan fingerprint density at radius 1 is 1.45 bits per heavy atom. The zero-order valence-electron chi connectivity index (χ0n) is 11.3. The molecule has 0 saturated carbocycles. The number of terminal acetylenes is 1. The van der Waals surface area contributed by atoms with Gasteiger partial charge in [0.05, 0.1) is 12.0 Å². The molecule has 1 aliphatic heterocycles. The molecule has 22 heavy (non-hydrogen) atoms. The van der Waals surface area contributed by atoms with Crippen molar-refractivity contribution in [3.05, 3.63) is 12.3 Å². The Hall–Kier alpha value is -2.38. The van der Waals surface area contributed by atoms with Crippen LogP contribution in [0.25, 0.3) is 11.0 Å². The standard InChI is InChI=1S/C13H14N4O5/c1-2-13(5-18)8(20)7(19)11(22-13)17-4-3-6-9(17)15-12(14)16-10(6)21/h1,3-4,7-8,11,18-20H,5H2,(H3,14,15,16,21)/t7?,8?,11-,13-/m1/s1. The molecule has 3 heterocycles. The van der Waals surface area contributed by atoms with Crippen LogP contribution in [0.3, 0.4) is 0 Å². The molecule has 116 valence electrons. The first-order valence-electron chi connectivity index (χ1n) is 6.39. The number of hydrogen-bond donors (Lipinski definition) is 5. The van der Waals surface area contributed by atoms with Gasteiger partial charge in [0.15, 0.2) is 17.5 Å². The van der Waals surface area contributed by atoms with Gasteiger partial charge >= 0.3 is 0 Å². The van der Waals surface area contributed by atoms with Crippen molar-refractivity contribution in [1.82, 2.24) is 14.5 Å². The molecule has 6 N–H and O–H groups in total. The van der Waals surface area contributed by atoms with Gasteiger partial charge in [-0.1, -0.05) is 5.92 Å². The van der Waals surface area contributed by atoms with Gasteiger partial charge in [-0.3, -0.25) is 0 Å². The molecule has 0 bridgehead atoms. The van der Waals surface area contributed by atoms with E-state index in [0.717, 1.165) is 0 Å². The van der Waals surface area contributed by atoms with Crippen LogP contribution in [0, 0.1) is 12.3 Å². The molecule has 0 amide bonds. The number of rotatable bonds is 2. The van der Waals surface area contributed by atoms with Crippen molar-refractivity contribution in [3.8, 4) is 18.2 Å². The topological polar surface area (TPSA) is 147 Å². The van der Waals surface area contributed by atoms with E-state index in [0.29, 0.717) is 5.39 Å². The number of fused-ring (bicyclic) bond motifs is 1. The lowest BCUT2D eigenvalue weighted by molar-refractivity contribution is -0.0909. The van der Waals surface area contributed by atoms with Gasteiger partial charge in [0, 0.05) is 6.20 Å². The van der Waals surface area contributed by atoms with Crippen LogP contribution in [0.1, 0.15) is 6.23 Å². The van der Waals surface area contributed by atoms with E-state index in [4.69, 9.17) is 16.9 Å². The third-order valence-electron chi connectivity index (χ3n) is 3.75. The van der Waals surface area contributed by atoms with E-state index in [1.54, 1.807) is 0 Å². The van der Waals surface area contributed by atoms with Crippen LogP contribution in [0.4, 0.5) is 5.95 Å². The molecular weight excluding hydrogens is 292 g/mol. The van der Waals surface area contributed by atoms with E-state index in [2.05, 4.69) is 15.9 Å². The Morgan fingerprint density at radius 2 is 2.18 bits per heavy atom. The molecule has 9 heteroatoms. The number of aromatic nitrogens is 3. The summed E-state index contributed by atoms with van der Waals surface area (Å²) in [7, 11) is 0. The average Bonchev–Trinajstić information content (AvgIpc) is 3.01. The van der Waals surface area contributed by atoms with E-state index < -0.39 is 30.6 Å². The summed E-state index contributed by atoms with van der Waals surface area (Å²) in [6.45, 7) is -0.667. The lowest BCUT2D eigenvalue weighted by Crippen LogP contribution is -2.44. The summed E-state index contributed by atoms with van der Waals surface area (Å²) in [6.07, 6.45) is 2.78. The minimum absolute atomic E-state index is 0.164. The Morgan fingerprint density at radius 3 is 2.77 bits per heavy atom. The first kappa shape index (κ1) is 14.6. The lowest BCUT2D eigenvalue weighted by atomic mass is 9.97. The van der Waals surface area contributed by atoms with Crippen molar-refractivity contribution in [1.29, 1.82) is 0 Å². The van der Waals surface area contributed by atoms with Crippen LogP contribution in [-0.4, -0.2) is 59.4 Å². The highest BCUT2D eigenvalue weighted by Crippen LogP contribution is 2.38. The quantitative estimate of drug-likeness (QED) is 0.414. The normalized spacial score (nSPS) is 31.5. The van der Waals surface area contributed by atoms with Gasteiger partial charge in [-0.25, -0.2) is 0 Å². The first-order valence-corrected chi connectivity index (χ1v) is 6.39. The fourth-order valence-corrected chi connectivity index (χ4v) is 2.54. The summed E-state index contributed by atoms with van der Waals surface area (Å²) >= 11 is 0. The summed E-state index contributed by atoms with van der Waals surface area (Å²) in [6, 6.07) is 1.50. The molecule has 9 nitrogen and oxygen atoms in total. The number of aliphatic hydroxyl groups excluding tert-OH is 3. The fourth-order valence-electron chi connectivity index (χ4n) is 2.54. The molecule has 1 aliphatic rings. The largest absolute Gasteiger partial charge is 0.493 e. The first-order chi connectivity index (χ1) is 10.4. The number of nitrogens with two attached hydrogens (primary N) is 1. The van der Waals surface area contributed by atoms with Crippen molar-refractivity contribution in [2.45, 2.75) is 24.0 Å². The molecule has 2 unspecified atom stereocenters. The second-order valence-electron chi connectivity index (χ2n) is 5.00. The molecule has 0 radical (unpaired) electrons. The maximum Gasteiger partial charge on any atom is 0.225 e. The molecular formula is C13H14N4O5. The molecule has 0 aromatic carbocycles. The van der Waals surface area contributed by atoms with Crippen molar-refractivity contribution in [2.75, 3.05) is 12.3 Å². The number of ether oxygens (including phenoxy) is 1. The van der Waals surface area contributed by atoms with Gasteiger partial charge < -0.3 is 35.5 Å². The maximum atomic E-state index is 10.2. The van der Waals surface area contributed by atoms with Crippen LogP contribution in [0.5, 0.6) is 5.88 Å². The molecule has 2 aromatic heterocycles. The lowest BCUT2D eigenvalue weighted by Gasteiger charge is -2.23. The molecule has 0 aliphatic carbocycles. The zero-order valence-corrected chi connectivity index (χ0v) is 11.3. The zero-order chi connectivity index (χ0) is 16.1. The van der Waals surface area contributed by atoms with Crippen LogP contribution < -0.4 is 5.73 Å². The predicted octanol–water partition coefficient (Wildman–Crippen LogP) is -1.67. The van der Waals surface area contributed by atoms with Crippen molar-refractivity contribution >= 4 is 17.0 Å². The highest BCUT2D eigenvalue weighted by molar-refractivity contribution is 5.82. The van der Waals surface area contributed by atoms with Gasteiger partial charge in [-0.05, 0) is 6.07 Å². The van der Waals surface area contributed by atoms with Gasteiger partial charge in [0.1, 0.15) is 12.2 Å². The fraction of sp³-hybridized carbons (Fsp3) is 0.385. The average molecular weight is 306 g/mol. The second kappa shape index (κ2) is 4.82. The maximum absolute atomic E-state index is 10.2. The smallest absolute Gasteiger partial charge is 0.225 e. The van der Waals surface area contributed by atoms with E-state index in [1.807, 2.05) is 0 Å². The van der Waals surface area contributed by atoms with E-state index in [9.17, 15) is 20.4 Å². The van der Waals surface area contributed by atoms with Gasteiger partial charge in [-0.2, -0.15) is 9.97 Å². The molecule has 2 aromatic rings. The second-order valence-corrected chi connectivity index (χ2v) is 5.00. The minimum atomic E-state index is -1.72. The summed E-state index contributed by atoms with van der Waals surface area (Å²) < 4.78 is 6.86. The number of nitrogen functional groups attached to an aromatic ring is 1. The van der Waals surface area contributed by atoms with E-state index in [-0.39, 0.29) is 17.5 Å².